The summed E-state index contributed by atoms with van der Waals surface area (Å²) < 4.78 is 0. The molecule has 1 amide bonds. The highest BCUT2D eigenvalue weighted by atomic mass is 35.5. The summed E-state index contributed by atoms with van der Waals surface area (Å²) in [5.74, 6) is 0.831. The van der Waals surface area contributed by atoms with Crippen molar-refractivity contribution in [2.24, 2.45) is 0 Å². The predicted octanol–water partition coefficient (Wildman–Crippen LogP) is 4.16. The number of alkyl halides is 1. The first-order valence-corrected chi connectivity index (χ1v) is 7.42. The number of rotatable bonds is 5. The van der Waals surface area contributed by atoms with Gasteiger partial charge in [0.1, 0.15) is 0 Å². The molecule has 0 aromatic heterocycles. The number of hydrogen-bond donors (Lipinski definition) is 1. The minimum absolute atomic E-state index is 0.0134. The number of halogens is 1. The van der Waals surface area contributed by atoms with Gasteiger partial charge in [-0.1, -0.05) is 30.3 Å². The lowest BCUT2D eigenvalue weighted by Gasteiger charge is -2.06. The number of carbonyl (C=O) groups excluding carboxylic acids is 1. The van der Waals surface area contributed by atoms with Crippen molar-refractivity contribution in [2.45, 2.75) is 10.8 Å². The van der Waals surface area contributed by atoms with E-state index in [1.165, 1.54) is 11.8 Å². The van der Waals surface area contributed by atoms with Crippen molar-refractivity contribution in [1.29, 1.82) is 0 Å². The zero-order valence-electron chi connectivity index (χ0n) is 10.3. The molecule has 19 heavy (non-hydrogen) atoms. The van der Waals surface area contributed by atoms with Crippen LogP contribution in [0.5, 0.6) is 0 Å². The normalized spacial score (nSPS) is 10.2. The van der Waals surface area contributed by atoms with E-state index in [0.717, 1.165) is 16.1 Å². The Bertz CT molecular complexity index is 545. The van der Waals surface area contributed by atoms with Crippen molar-refractivity contribution in [3.8, 4) is 0 Å². The Morgan fingerprint density at radius 3 is 2.63 bits per heavy atom. The average Bonchev–Trinajstić information content (AvgIpc) is 2.46. The molecule has 0 aliphatic carbocycles. The molecule has 0 atom stereocenters. The molecule has 4 heteroatoms. The Kier molecular flexibility index (Phi) is 5.31. The van der Waals surface area contributed by atoms with Crippen LogP contribution in [0.4, 0.5) is 5.69 Å². The fraction of sp³-hybridized carbons (Fsp3) is 0.133. The molecule has 2 aromatic rings. The molecule has 0 bridgehead atoms. The van der Waals surface area contributed by atoms with Crippen molar-refractivity contribution in [2.75, 3.05) is 11.1 Å². The summed E-state index contributed by atoms with van der Waals surface area (Å²) in [5.41, 5.74) is 1.78. The van der Waals surface area contributed by atoms with E-state index in [1.807, 2.05) is 54.6 Å². The third kappa shape index (κ3) is 4.62. The van der Waals surface area contributed by atoms with E-state index in [2.05, 4.69) is 5.32 Å². The molecule has 0 heterocycles. The SMILES string of the molecule is O=C(CSc1ccccc1)Nc1cccc(CCl)c1. The van der Waals surface area contributed by atoms with Crippen LogP contribution in [-0.2, 0) is 10.7 Å². The highest BCUT2D eigenvalue weighted by Gasteiger charge is 2.04. The molecule has 2 nitrogen and oxygen atoms in total. The third-order valence-corrected chi connectivity index (χ3v) is 3.80. The van der Waals surface area contributed by atoms with Gasteiger partial charge in [-0.25, -0.2) is 0 Å². The summed E-state index contributed by atoms with van der Waals surface area (Å²) in [5, 5.41) is 2.87. The average molecular weight is 292 g/mol. The molecule has 0 aliphatic rings. The molecule has 1 N–H and O–H groups in total. The van der Waals surface area contributed by atoms with Crippen LogP contribution >= 0.6 is 23.4 Å². The van der Waals surface area contributed by atoms with E-state index >= 15 is 0 Å². The number of hydrogen-bond acceptors (Lipinski definition) is 2. The van der Waals surface area contributed by atoms with Gasteiger partial charge in [0.15, 0.2) is 0 Å². The lowest BCUT2D eigenvalue weighted by molar-refractivity contribution is -0.113. The van der Waals surface area contributed by atoms with Crippen LogP contribution in [0.3, 0.4) is 0 Å². The van der Waals surface area contributed by atoms with Gasteiger partial charge in [0.2, 0.25) is 5.91 Å². The second-order valence-corrected chi connectivity index (χ2v) is 5.30. The van der Waals surface area contributed by atoms with Gasteiger partial charge in [-0.3, -0.25) is 4.79 Å². The van der Waals surface area contributed by atoms with Crippen molar-refractivity contribution in [3.63, 3.8) is 0 Å². The van der Waals surface area contributed by atoms with E-state index in [4.69, 9.17) is 11.6 Å². The Labute approximate surface area is 122 Å². The summed E-state index contributed by atoms with van der Waals surface area (Å²) >= 11 is 7.28. The first kappa shape index (κ1) is 14.0. The molecule has 0 radical (unpaired) electrons. The van der Waals surface area contributed by atoms with Crippen LogP contribution in [-0.4, -0.2) is 11.7 Å². The minimum Gasteiger partial charge on any atom is -0.325 e. The summed E-state index contributed by atoms with van der Waals surface area (Å²) in [6.07, 6.45) is 0. The minimum atomic E-state index is -0.0134. The fourth-order valence-corrected chi connectivity index (χ4v) is 2.48. The smallest absolute Gasteiger partial charge is 0.234 e. The first-order valence-electron chi connectivity index (χ1n) is 5.90. The van der Waals surface area contributed by atoms with Gasteiger partial charge in [-0.15, -0.1) is 23.4 Å². The second kappa shape index (κ2) is 7.22. The van der Waals surface area contributed by atoms with Gasteiger partial charge < -0.3 is 5.32 Å². The van der Waals surface area contributed by atoms with Gasteiger partial charge >= 0.3 is 0 Å². The first-order chi connectivity index (χ1) is 9.28. The van der Waals surface area contributed by atoms with Crippen LogP contribution in [0.1, 0.15) is 5.56 Å². The van der Waals surface area contributed by atoms with Crippen LogP contribution in [0, 0.1) is 0 Å². The quantitative estimate of drug-likeness (QED) is 0.662. The van der Waals surface area contributed by atoms with Crippen molar-refractivity contribution >= 4 is 35.0 Å². The molecule has 0 spiro atoms. The summed E-state index contributed by atoms with van der Waals surface area (Å²) in [7, 11) is 0. The molecule has 0 aliphatic heterocycles. The lowest BCUT2D eigenvalue weighted by Crippen LogP contribution is -2.14. The van der Waals surface area contributed by atoms with Crippen molar-refractivity contribution in [1.82, 2.24) is 0 Å². The van der Waals surface area contributed by atoms with Gasteiger partial charge in [0, 0.05) is 16.5 Å². The molecule has 0 saturated heterocycles. The Balaban J connectivity index is 1.87. The van der Waals surface area contributed by atoms with E-state index in [9.17, 15) is 4.79 Å². The Morgan fingerprint density at radius 2 is 1.89 bits per heavy atom. The Morgan fingerprint density at radius 1 is 1.11 bits per heavy atom. The number of benzene rings is 2. The van der Waals surface area contributed by atoms with E-state index in [-0.39, 0.29) is 5.91 Å². The van der Waals surface area contributed by atoms with E-state index in [0.29, 0.717) is 11.6 Å². The topological polar surface area (TPSA) is 29.1 Å². The largest absolute Gasteiger partial charge is 0.325 e. The molecule has 2 rings (SSSR count). The Hall–Kier alpha value is -1.45. The molecular weight excluding hydrogens is 278 g/mol. The highest BCUT2D eigenvalue weighted by Crippen LogP contribution is 2.18. The summed E-state index contributed by atoms with van der Waals surface area (Å²) in [6.45, 7) is 0. The lowest BCUT2D eigenvalue weighted by atomic mass is 10.2. The van der Waals surface area contributed by atoms with Gasteiger partial charge in [0.25, 0.3) is 0 Å². The summed E-state index contributed by atoms with van der Waals surface area (Å²) in [4.78, 5) is 12.9. The van der Waals surface area contributed by atoms with Crippen LogP contribution < -0.4 is 5.32 Å². The molecule has 2 aromatic carbocycles. The van der Waals surface area contributed by atoms with Crippen LogP contribution in [0.2, 0.25) is 0 Å². The number of thioether (sulfide) groups is 1. The summed E-state index contributed by atoms with van der Waals surface area (Å²) in [6, 6.07) is 17.4. The number of carbonyl (C=O) groups is 1. The molecule has 0 unspecified atom stereocenters. The maximum Gasteiger partial charge on any atom is 0.234 e. The molecular formula is C15H14ClNOS. The zero-order valence-corrected chi connectivity index (χ0v) is 11.9. The number of nitrogens with one attached hydrogen (secondary N) is 1. The maximum absolute atomic E-state index is 11.8. The van der Waals surface area contributed by atoms with Crippen LogP contribution in [0.15, 0.2) is 59.5 Å². The molecule has 0 fully saturated rings. The van der Waals surface area contributed by atoms with Crippen molar-refractivity contribution in [3.05, 3.63) is 60.2 Å². The van der Waals surface area contributed by atoms with Gasteiger partial charge in [-0.05, 0) is 29.8 Å². The molecule has 98 valence electrons. The number of amides is 1. The zero-order chi connectivity index (χ0) is 13.5. The standard InChI is InChI=1S/C15H14ClNOS/c16-10-12-5-4-6-13(9-12)17-15(18)11-19-14-7-2-1-3-8-14/h1-9H,10-11H2,(H,17,18). The van der Waals surface area contributed by atoms with Crippen molar-refractivity contribution < 1.29 is 4.79 Å². The van der Waals surface area contributed by atoms with Gasteiger partial charge in [-0.2, -0.15) is 0 Å². The fourth-order valence-electron chi connectivity index (χ4n) is 1.59. The van der Waals surface area contributed by atoms with E-state index in [1.54, 1.807) is 0 Å². The second-order valence-electron chi connectivity index (χ2n) is 3.98. The highest BCUT2D eigenvalue weighted by molar-refractivity contribution is 8.00. The van der Waals surface area contributed by atoms with E-state index < -0.39 is 0 Å². The monoisotopic (exact) mass is 291 g/mol. The van der Waals surface area contributed by atoms with Crippen LogP contribution in [0.25, 0.3) is 0 Å². The number of anilines is 1. The predicted molar refractivity (Wildman–Crippen MR) is 81.8 cm³/mol. The van der Waals surface area contributed by atoms with Gasteiger partial charge in [0.05, 0.1) is 5.75 Å². The molecule has 0 saturated carbocycles. The maximum atomic E-state index is 11.8. The third-order valence-electron chi connectivity index (χ3n) is 2.48.